The van der Waals surface area contributed by atoms with E-state index >= 15 is 0 Å². The molecule has 4 rings (SSSR count). The zero-order chi connectivity index (χ0) is 18.8. The van der Waals surface area contributed by atoms with E-state index in [0.29, 0.717) is 13.1 Å². The summed E-state index contributed by atoms with van der Waals surface area (Å²) < 4.78 is 0. The summed E-state index contributed by atoms with van der Waals surface area (Å²) in [5.74, 6) is -0.863. The highest BCUT2D eigenvalue weighted by atomic mass is 16.3. The van der Waals surface area contributed by atoms with E-state index in [1.165, 1.54) is 29.5 Å². The van der Waals surface area contributed by atoms with Crippen molar-refractivity contribution in [2.45, 2.75) is 19.0 Å². The highest BCUT2D eigenvalue weighted by Gasteiger charge is 2.30. The summed E-state index contributed by atoms with van der Waals surface area (Å²) in [5, 5.41) is 13.3. The number of aromatic nitrogens is 3. The lowest BCUT2D eigenvalue weighted by Gasteiger charge is -2.30. The second-order valence-electron chi connectivity index (χ2n) is 6.44. The van der Waals surface area contributed by atoms with Gasteiger partial charge in [0.05, 0.1) is 19.3 Å². The van der Waals surface area contributed by atoms with Crippen LogP contribution in [0.2, 0.25) is 0 Å². The Morgan fingerprint density at radius 3 is 2.93 bits per heavy atom. The molecule has 27 heavy (non-hydrogen) atoms. The van der Waals surface area contributed by atoms with Gasteiger partial charge in [0.15, 0.2) is 0 Å². The highest BCUT2D eigenvalue weighted by molar-refractivity contribution is 5.96. The van der Waals surface area contributed by atoms with Gasteiger partial charge >= 0.3 is 0 Å². The quantitative estimate of drug-likeness (QED) is 0.628. The Balaban J connectivity index is 1.49. The molecule has 2 amide bonds. The summed E-state index contributed by atoms with van der Waals surface area (Å²) in [6, 6.07) is 7.02. The molecule has 1 aliphatic heterocycles. The normalized spacial score (nSPS) is 14.6. The van der Waals surface area contributed by atoms with E-state index in [1.807, 2.05) is 18.2 Å². The van der Waals surface area contributed by atoms with Gasteiger partial charge in [-0.3, -0.25) is 14.6 Å². The third-order valence-corrected chi connectivity index (χ3v) is 4.78. The van der Waals surface area contributed by atoms with Crippen LogP contribution in [0.15, 0.2) is 42.9 Å². The topological polar surface area (TPSA) is 111 Å². The summed E-state index contributed by atoms with van der Waals surface area (Å²) in [7, 11) is 0. The molecule has 0 saturated heterocycles. The number of aromatic amines is 1. The lowest BCUT2D eigenvalue weighted by Crippen LogP contribution is -2.51. The van der Waals surface area contributed by atoms with Crippen molar-refractivity contribution in [3.8, 4) is 0 Å². The van der Waals surface area contributed by atoms with E-state index in [1.54, 1.807) is 4.90 Å². The van der Waals surface area contributed by atoms with Crippen LogP contribution >= 0.6 is 0 Å². The second-order valence-corrected chi connectivity index (χ2v) is 6.44. The fraction of sp³-hybridized carbons (Fsp3) is 0.263. The van der Waals surface area contributed by atoms with Gasteiger partial charge in [0.1, 0.15) is 11.7 Å². The number of benzene rings is 1. The number of para-hydroxylation sites is 1. The van der Waals surface area contributed by atoms with Crippen LogP contribution in [0.3, 0.4) is 0 Å². The summed E-state index contributed by atoms with van der Waals surface area (Å²) in [6.07, 6.45) is 4.89. The molecular weight excluding hydrogens is 346 g/mol. The summed E-state index contributed by atoms with van der Waals surface area (Å²) >= 11 is 0. The Morgan fingerprint density at radius 2 is 2.15 bits per heavy atom. The molecule has 0 unspecified atom stereocenters. The molecular formula is C19H19N5O3. The van der Waals surface area contributed by atoms with Crippen LogP contribution in [-0.4, -0.2) is 56.0 Å². The zero-order valence-corrected chi connectivity index (χ0v) is 14.6. The first-order valence-corrected chi connectivity index (χ1v) is 8.72. The molecule has 0 aliphatic carbocycles. The molecule has 3 heterocycles. The van der Waals surface area contributed by atoms with E-state index < -0.39 is 18.6 Å². The molecule has 1 atom stereocenters. The molecule has 2 aromatic heterocycles. The minimum absolute atomic E-state index is 0.0975. The molecule has 0 radical (unpaired) electrons. The number of aliphatic hydroxyl groups is 1. The monoisotopic (exact) mass is 365 g/mol. The lowest BCUT2D eigenvalue weighted by atomic mass is 10.0. The van der Waals surface area contributed by atoms with Crippen LogP contribution in [0.5, 0.6) is 0 Å². The average molecular weight is 365 g/mol. The maximum absolute atomic E-state index is 12.8. The van der Waals surface area contributed by atoms with E-state index in [4.69, 9.17) is 0 Å². The smallest absolute Gasteiger partial charge is 0.272 e. The van der Waals surface area contributed by atoms with Crippen LogP contribution in [-0.2, 0) is 17.8 Å². The van der Waals surface area contributed by atoms with Crippen molar-refractivity contribution in [2.24, 2.45) is 0 Å². The van der Waals surface area contributed by atoms with Crippen molar-refractivity contribution >= 4 is 22.7 Å². The number of rotatable bonds is 4. The van der Waals surface area contributed by atoms with Gasteiger partial charge in [-0.2, -0.15) is 0 Å². The number of nitrogens with zero attached hydrogens (tertiary/aromatic N) is 3. The van der Waals surface area contributed by atoms with Crippen LogP contribution in [0.25, 0.3) is 10.9 Å². The Kier molecular flexibility index (Phi) is 4.55. The van der Waals surface area contributed by atoms with Crippen LogP contribution < -0.4 is 5.32 Å². The summed E-state index contributed by atoms with van der Waals surface area (Å²) in [4.78, 5) is 37.8. The standard InChI is InChI=1S/C19H19N5O3/c25-11-17(23-18(26)15-9-20-6-7-21-15)19(27)24-8-5-13-12-3-1-2-4-14(12)22-16(13)10-24/h1-4,6-7,9,17,22,25H,5,8,10-11H2,(H,23,26)/t17-/m0/s1. The Bertz CT molecular complexity index is 985. The molecule has 138 valence electrons. The molecule has 0 fully saturated rings. The first-order chi connectivity index (χ1) is 13.2. The summed E-state index contributed by atoms with van der Waals surface area (Å²) in [5.41, 5.74) is 3.36. The van der Waals surface area contributed by atoms with Gasteiger partial charge in [-0.1, -0.05) is 18.2 Å². The van der Waals surface area contributed by atoms with E-state index in [-0.39, 0.29) is 11.6 Å². The lowest BCUT2D eigenvalue weighted by molar-refractivity contribution is -0.135. The zero-order valence-electron chi connectivity index (χ0n) is 14.6. The van der Waals surface area contributed by atoms with Gasteiger partial charge in [0.2, 0.25) is 5.91 Å². The number of carbonyl (C=O) groups excluding carboxylic acids is 2. The van der Waals surface area contributed by atoms with Gasteiger partial charge in [-0.15, -0.1) is 0 Å². The number of H-pyrrole nitrogens is 1. The van der Waals surface area contributed by atoms with E-state index in [9.17, 15) is 14.7 Å². The number of hydrogen-bond donors (Lipinski definition) is 3. The molecule has 8 heteroatoms. The third-order valence-electron chi connectivity index (χ3n) is 4.78. The predicted octanol–water partition coefficient (Wildman–Crippen LogP) is 0.633. The number of carbonyl (C=O) groups is 2. The van der Waals surface area contributed by atoms with Crippen molar-refractivity contribution in [2.75, 3.05) is 13.2 Å². The predicted molar refractivity (Wildman–Crippen MR) is 97.8 cm³/mol. The van der Waals surface area contributed by atoms with Gasteiger partial charge in [0, 0.05) is 35.5 Å². The number of nitrogens with one attached hydrogen (secondary N) is 2. The van der Waals surface area contributed by atoms with Crippen molar-refractivity contribution in [3.05, 3.63) is 59.8 Å². The molecule has 1 aliphatic rings. The largest absolute Gasteiger partial charge is 0.394 e. The molecule has 8 nitrogen and oxygen atoms in total. The van der Waals surface area contributed by atoms with Crippen molar-refractivity contribution in [1.29, 1.82) is 0 Å². The van der Waals surface area contributed by atoms with Crippen LogP contribution in [0.4, 0.5) is 0 Å². The highest BCUT2D eigenvalue weighted by Crippen LogP contribution is 2.27. The number of fused-ring (bicyclic) bond motifs is 3. The Labute approximate surface area is 155 Å². The molecule has 0 spiro atoms. The van der Waals surface area contributed by atoms with Gasteiger partial charge in [-0.25, -0.2) is 4.98 Å². The summed E-state index contributed by atoms with van der Waals surface area (Å²) in [6.45, 7) is 0.465. The van der Waals surface area contributed by atoms with Crippen LogP contribution in [0, 0.1) is 0 Å². The number of amides is 2. The van der Waals surface area contributed by atoms with Crippen LogP contribution in [0.1, 0.15) is 21.7 Å². The molecule has 3 aromatic rings. The van der Waals surface area contributed by atoms with Gasteiger partial charge in [-0.05, 0) is 18.1 Å². The SMILES string of the molecule is O=C(N[C@@H](CO)C(=O)N1CCc2c([nH]c3ccccc23)C1)c1cnccn1. The Hall–Kier alpha value is -3.26. The maximum atomic E-state index is 12.8. The Morgan fingerprint density at radius 1 is 1.30 bits per heavy atom. The number of aliphatic hydroxyl groups excluding tert-OH is 1. The maximum Gasteiger partial charge on any atom is 0.272 e. The molecule has 3 N–H and O–H groups in total. The minimum Gasteiger partial charge on any atom is -0.394 e. The minimum atomic E-state index is -1.02. The fourth-order valence-corrected chi connectivity index (χ4v) is 3.44. The first-order valence-electron chi connectivity index (χ1n) is 8.72. The van der Waals surface area contributed by atoms with Gasteiger partial charge in [0.25, 0.3) is 5.91 Å². The van der Waals surface area contributed by atoms with Crippen molar-refractivity contribution in [1.82, 2.24) is 25.2 Å². The van der Waals surface area contributed by atoms with Crippen molar-refractivity contribution in [3.63, 3.8) is 0 Å². The van der Waals surface area contributed by atoms with E-state index in [0.717, 1.165) is 17.6 Å². The molecule has 0 saturated carbocycles. The number of hydrogen-bond acceptors (Lipinski definition) is 5. The average Bonchev–Trinajstić information content (AvgIpc) is 3.09. The van der Waals surface area contributed by atoms with Crippen molar-refractivity contribution < 1.29 is 14.7 Å². The molecule has 1 aromatic carbocycles. The van der Waals surface area contributed by atoms with E-state index in [2.05, 4.69) is 26.3 Å². The third kappa shape index (κ3) is 3.26. The second kappa shape index (κ2) is 7.16. The molecule has 0 bridgehead atoms. The van der Waals surface area contributed by atoms with Gasteiger partial charge < -0.3 is 20.3 Å². The first kappa shape index (κ1) is 17.2. The fourth-order valence-electron chi connectivity index (χ4n) is 3.44.